The van der Waals surface area contributed by atoms with Gasteiger partial charge in [-0.25, -0.2) is 0 Å². The Hall–Kier alpha value is -1.94. The number of amides is 1. The Morgan fingerprint density at radius 1 is 1.15 bits per heavy atom. The zero-order valence-corrected chi connectivity index (χ0v) is 12.4. The van der Waals surface area contributed by atoms with Gasteiger partial charge < -0.3 is 0 Å². The molecule has 3 rings (SSSR count). The summed E-state index contributed by atoms with van der Waals surface area (Å²) in [4.78, 5) is 12.1. The third-order valence-corrected chi connectivity index (χ3v) is 3.80. The highest BCUT2D eigenvalue weighted by molar-refractivity contribution is 9.10. The minimum atomic E-state index is -0.0831. The van der Waals surface area contributed by atoms with Crippen molar-refractivity contribution in [2.24, 2.45) is 0 Å². The Balaban J connectivity index is 1.81. The smallest absolute Gasteiger partial charge is 0.264 e. The van der Waals surface area contributed by atoms with E-state index in [-0.39, 0.29) is 5.91 Å². The number of carbonyl (C=O) groups is 1. The zero-order valence-electron chi connectivity index (χ0n) is 10.8. The molecule has 1 N–H and O–H groups in total. The fourth-order valence-electron chi connectivity index (χ4n) is 2.26. The number of rotatable bonds is 2. The van der Waals surface area contributed by atoms with Crippen molar-refractivity contribution in [3.63, 3.8) is 0 Å². The maximum Gasteiger partial charge on any atom is 0.304 e. The number of hydrogen-bond acceptors (Lipinski definition) is 1. The van der Waals surface area contributed by atoms with Crippen molar-refractivity contribution < 1.29 is 9.48 Å². The number of fused-ring (bicyclic) bond motifs is 1. The second-order valence-electron chi connectivity index (χ2n) is 4.72. The van der Waals surface area contributed by atoms with Gasteiger partial charge in [-0.05, 0) is 29.8 Å². The number of nitrogens with one attached hydrogen (secondary N) is 1. The standard InChI is InChI=1S/C16H13BrN2O/c17-15-7-6-12-8-9-19(11-14(12)10-15)18-16(20)13-4-2-1-3-5-13/h1-7,10-11H,8-9H2/p+1. The summed E-state index contributed by atoms with van der Waals surface area (Å²) < 4.78 is 2.90. The first-order valence-electron chi connectivity index (χ1n) is 6.48. The van der Waals surface area contributed by atoms with Gasteiger partial charge >= 0.3 is 5.91 Å². The van der Waals surface area contributed by atoms with Gasteiger partial charge in [0.1, 0.15) is 0 Å². The van der Waals surface area contributed by atoms with E-state index in [1.807, 2.05) is 47.3 Å². The van der Waals surface area contributed by atoms with E-state index >= 15 is 0 Å². The van der Waals surface area contributed by atoms with E-state index in [0.29, 0.717) is 5.56 Å². The molecule has 0 aromatic heterocycles. The molecular weight excluding hydrogens is 316 g/mol. The molecule has 0 atom stereocenters. The van der Waals surface area contributed by atoms with Crippen molar-refractivity contribution in [1.82, 2.24) is 5.43 Å². The molecule has 0 aliphatic carbocycles. The van der Waals surface area contributed by atoms with E-state index in [9.17, 15) is 4.79 Å². The molecule has 2 aromatic rings. The van der Waals surface area contributed by atoms with Gasteiger partial charge in [0.05, 0.1) is 0 Å². The highest BCUT2D eigenvalue weighted by atomic mass is 79.9. The van der Waals surface area contributed by atoms with Crippen molar-refractivity contribution >= 4 is 28.1 Å². The molecule has 1 heterocycles. The number of carbonyl (C=O) groups excluding carboxylic acids is 1. The molecule has 0 spiro atoms. The van der Waals surface area contributed by atoms with Crippen LogP contribution in [0, 0.1) is 0 Å². The maximum absolute atomic E-state index is 12.1. The lowest BCUT2D eigenvalue weighted by atomic mass is 10.0. The molecule has 100 valence electrons. The molecule has 0 unspecified atom stereocenters. The predicted octanol–water partition coefficient (Wildman–Crippen LogP) is 2.78. The molecule has 3 nitrogen and oxygen atoms in total. The van der Waals surface area contributed by atoms with E-state index in [1.165, 1.54) is 5.56 Å². The third kappa shape index (κ3) is 2.80. The second kappa shape index (κ2) is 5.59. The number of hydrazone groups is 1. The second-order valence-corrected chi connectivity index (χ2v) is 5.64. The first-order valence-corrected chi connectivity index (χ1v) is 7.28. The van der Waals surface area contributed by atoms with Crippen molar-refractivity contribution in [2.45, 2.75) is 6.42 Å². The van der Waals surface area contributed by atoms with Crippen LogP contribution in [-0.2, 0) is 6.42 Å². The van der Waals surface area contributed by atoms with E-state index in [0.717, 1.165) is 23.0 Å². The monoisotopic (exact) mass is 329 g/mol. The summed E-state index contributed by atoms with van der Waals surface area (Å²) in [6.45, 7) is 0.785. The molecule has 1 amide bonds. The fourth-order valence-corrected chi connectivity index (χ4v) is 2.64. The third-order valence-electron chi connectivity index (χ3n) is 3.31. The van der Waals surface area contributed by atoms with Gasteiger partial charge in [0.25, 0.3) is 0 Å². The minimum absolute atomic E-state index is 0.0831. The topological polar surface area (TPSA) is 32.1 Å². The minimum Gasteiger partial charge on any atom is -0.264 e. The van der Waals surface area contributed by atoms with Crippen LogP contribution in [0.3, 0.4) is 0 Å². The maximum atomic E-state index is 12.1. The Kier molecular flexibility index (Phi) is 3.65. The lowest BCUT2D eigenvalue weighted by Gasteiger charge is -2.12. The Bertz CT molecular complexity index is 680. The number of nitrogens with zero attached hydrogens (tertiary/aromatic N) is 1. The Labute approximate surface area is 126 Å². The van der Waals surface area contributed by atoms with Gasteiger partial charge in [-0.15, -0.1) is 10.1 Å². The van der Waals surface area contributed by atoms with Gasteiger partial charge in [0, 0.05) is 22.0 Å². The van der Waals surface area contributed by atoms with Crippen LogP contribution in [0.25, 0.3) is 0 Å². The van der Waals surface area contributed by atoms with Crippen LogP contribution in [0.1, 0.15) is 21.5 Å². The number of hydrogen-bond donors (Lipinski definition) is 1. The quantitative estimate of drug-likeness (QED) is 0.844. The average Bonchev–Trinajstić information content (AvgIpc) is 2.47. The van der Waals surface area contributed by atoms with Gasteiger partial charge in [0.15, 0.2) is 6.54 Å². The molecule has 0 fully saturated rings. The van der Waals surface area contributed by atoms with Gasteiger partial charge in [0.2, 0.25) is 6.21 Å². The SMILES string of the molecule is O=C(N[N+]1=Cc2cc(Br)ccc2CC1)c1ccccc1. The number of hydrazine groups is 1. The highest BCUT2D eigenvalue weighted by Gasteiger charge is 2.19. The van der Waals surface area contributed by atoms with Crippen molar-refractivity contribution in [1.29, 1.82) is 0 Å². The normalized spacial score (nSPS) is 13.3. The molecule has 0 saturated heterocycles. The van der Waals surface area contributed by atoms with E-state index in [4.69, 9.17) is 0 Å². The van der Waals surface area contributed by atoms with E-state index in [2.05, 4.69) is 33.5 Å². The first kappa shape index (κ1) is 13.1. The molecule has 0 saturated carbocycles. The summed E-state index contributed by atoms with van der Waals surface area (Å²) in [5.41, 5.74) is 6.03. The molecule has 1 aliphatic rings. The van der Waals surface area contributed by atoms with Gasteiger partial charge in [-0.2, -0.15) is 0 Å². The molecule has 4 heteroatoms. The molecule has 2 aromatic carbocycles. The summed E-state index contributed by atoms with van der Waals surface area (Å²) in [6, 6.07) is 15.5. The van der Waals surface area contributed by atoms with Crippen LogP contribution in [0.15, 0.2) is 53.0 Å². The number of halogens is 1. The van der Waals surface area contributed by atoms with Crippen LogP contribution >= 0.6 is 15.9 Å². The van der Waals surface area contributed by atoms with E-state index in [1.54, 1.807) is 0 Å². The van der Waals surface area contributed by atoms with Crippen LogP contribution in [-0.4, -0.2) is 23.4 Å². The summed E-state index contributed by atoms with van der Waals surface area (Å²) in [5.74, 6) is -0.0831. The van der Waals surface area contributed by atoms with Gasteiger partial charge in [-0.1, -0.05) is 40.2 Å². The molecular formula is C16H14BrN2O+. The lowest BCUT2D eigenvalue weighted by Crippen LogP contribution is -2.38. The summed E-state index contributed by atoms with van der Waals surface area (Å²) >= 11 is 3.47. The summed E-state index contributed by atoms with van der Waals surface area (Å²) in [7, 11) is 0. The van der Waals surface area contributed by atoms with Crippen LogP contribution in [0.2, 0.25) is 0 Å². The van der Waals surface area contributed by atoms with E-state index < -0.39 is 0 Å². The largest absolute Gasteiger partial charge is 0.304 e. The lowest BCUT2D eigenvalue weighted by molar-refractivity contribution is -0.568. The van der Waals surface area contributed by atoms with Crippen molar-refractivity contribution in [3.05, 3.63) is 69.7 Å². The Morgan fingerprint density at radius 2 is 1.95 bits per heavy atom. The summed E-state index contributed by atoms with van der Waals surface area (Å²) in [5, 5.41) is 0. The van der Waals surface area contributed by atoms with Crippen LogP contribution < -0.4 is 5.43 Å². The van der Waals surface area contributed by atoms with Crippen molar-refractivity contribution in [3.8, 4) is 0 Å². The molecule has 1 aliphatic heterocycles. The summed E-state index contributed by atoms with van der Waals surface area (Å²) in [6.07, 6.45) is 2.90. The van der Waals surface area contributed by atoms with Crippen LogP contribution in [0.5, 0.6) is 0 Å². The Morgan fingerprint density at radius 3 is 2.75 bits per heavy atom. The van der Waals surface area contributed by atoms with Gasteiger partial charge in [-0.3, -0.25) is 4.79 Å². The molecule has 0 radical (unpaired) electrons. The highest BCUT2D eigenvalue weighted by Crippen LogP contribution is 2.17. The fraction of sp³-hybridized carbons (Fsp3) is 0.125. The first-order chi connectivity index (χ1) is 9.72. The average molecular weight is 330 g/mol. The van der Waals surface area contributed by atoms with Crippen LogP contribution in [0.4, 0.5) is 0 Å². The molecule has 0 bridgehead atoms. The number of benzene rings is 2. The zero-order chi connectivity index (χ0) is 13.9. The molecule has 20 heavy (non-hydrogen) atoms. The van der Waals surface area contributed by atoms with Crippen molar-refractivity contribution in [2.75, 3.05) is 6.54 Å². The predicted molar refractivity (Wildman–Crippen MR) is 82.0 cm³/mol.